The Morgan fingerprint density at radius 3 is 2.15 bits per heavy atom. The van der Waals surface area contributed by atoms with Crippen molar-refractivity contribution in [3.8, 4) is 0 Å². The van der Waals surface area contributed by atoms with Crippen molar-refractivity contribution in [1.82, 2.24) is 9.97 Å². The minimum atomic E-state index is -5.05. The second kappa shape index (κ2) is 15.8. The highest BCUT2D eigenvalue weighted by Gasteiger charge is 2.38. The summed E-state index contributed by atoms with van der Waals surface area (Å²) in [5.74, 6) is -0.414. The maximum absolute atomic E-state index is 13.9. The summed E-state index contributed by atoms with van der Waals surface area (Å²) in [7, 11) is 1.29. The second-order valence-electron chi connectivity index (χ2n) is 12.7. The molecule has 3 aromatic rings. The molecular weight excluding hydrogens is 709 g/mol. The molecule has 0 radical (unpaired) electrons. The van der Waals surface area contributed by atoms with Crippen molar-refractivity contribution >= 4 is 23.3 Å². The summed E-state index contributed by atoms with van der Waals surface area (Å²) < 4.78 is 134. The zero-order chi connectivity index (χ0) is 37.8. The Balaban J connectivity index is 1.52. The van der Waals surface area contributed by atoms with Crippen molar-refractivity contribution in [3.05, 3.63) is 76.1 Å². The van der Waals surface area contributed by atoms with Crippen molar-refractivity contribution in [2.45, 2.75) is 76.1 Å². The van der Waals surface area contributed by atoms with Crippen molar-refractivity contribution in [3.63, 3.8) is 0 Å². The molecule has 0 amide bonds. The first-order chi connectivity index (χ1) is 24.5. The first kappa shape index (κ1) is 38.9. The highest BCUT2D eigenvalue weighted by Crippen LogP contribution is 2.43. The number of carbonyl (C=O) groups is 1. The number of hydrogen-bond donors (Lipinski definition) is 1. The van der Waals surface area contributed by atoms with Gasteiger partial charge >= 0.3 is 24.5 Å². The molecule has 284 valence electrons. The molecule has 0 saturated carbocycles. The number of esters is 1. The number of aromatic nitrogens is 2. The standard InChI is InChI=1S/C35H38F9N5O3/c1-3-25-19-27(26-18-22(33(36,37)38)7-8-29(26)49(25)9-5-4-6-31(50)51-2)46-32-45-20-30(48-10-12-52-13-11-48)28(47-32)16-21-14-23(34(39,40)41)17-24(15-21)35(42,43)44/h7-8,14-15,17-18,20,25,27H,3-6,9-13,16,19H2,1-2H3,(H,45,46,47)/t25-,27+/m1/s1. The van der Waals surface area contributed by atoms with Crippen molar-refractivity contribution in [1.29, 1.82) is 0 Å². The molecule has 0 spiro atoms. The lowest BCUT2D eigenvalue weighted by molar-refractivity contribution is -0.143. The van der Waals surface area contributed by atoms with E-state index in [4.69, 9.17) is 9.47 Å². The first-order valence-corrected chi connectivity index (χ1v) is 16.8. The van der Waals surface area contributed by atoms with Gasteiger partial charge in [-0.05, 0) is 73.2 Å². The molecule has 1 aromatic heterocycles. The lowest BCUT2D eigenvalue weighted by Gasteiger charge is -2.43. The van der Waals surface area contributed by atoms with Gasteiger partial charge in [-0.2, -0.15) is 39.5 Å². The number of morpholine rings is 1. The van der Waals surface area contributed by atoms with Crippen LogP contribution in [0.2, 0.25) is 0 Å². The molecule has 2 atom stereocenters. The number of anilines is 3. The summed E-state index contributed by atoms with van der Waals surface area (Å²) in [4.78, 5) is 24.4. The number of nitrogens with zero attached hydrogens (tertiary/aromatic N) is 4. The maximum atomic E-state index is 13.9. The number of halogens is 9. The van der Waals surface area contributed by atoms with Crippen molar-refractivity contribution < 1.29 is 53.8 Å². The van der Waals surface area contributed by atoms with Gasteiger partial charge in [-0.3, -0.25) is 4.79 Å². The van der Waals surface area contributed by atoms with Gasteiger partial charge in [0.1, 0.15) is 0 Å². The molecule has 2 aliphatic rings. The first-order valence-electron chi connectivity index (χ1n) is 16.8. The van der Waals surface area contributed by atoms with Gasteiger partial charge in [0, 0.05) is 44.2 Å². The normalized spacial score (nSPS) is 18.3. The number of nitrogens with one attached hydrogen (secondary N) is 1. The second-order valence-corrected chi connectivity index (χ2v) is 12.7. The van der Waals surface area contributed by atoms with Crippen LogP contribution in [0, 0.1) is 0 Å². The number of methoxy groups -OCH3 is 1. The van der Waals surface area contributed by atoms with E-state index in [0.717, 1.165) is 12.1 Å². The lowest BCUT2D eigenvalue weighted by atomic mass is 9.88. The molecule has 1 saturated heterocycles. The van der Waals surface area contributed by atoms with Crippen LogP contribution in [-0.4, -0.2) is 61.9 Å². The van der Waals surface area contributed by atoms with Crippen LogP contribution in [0.15, 0.2) is 42.6 Å². The largest absolute Gasteiger partial charge is 0.469 e. The number of benzene rings is 2. The quantitative estimate of drug-likeness (QED) is 0.119. The van der Waals surface area contributed by atoms with E-state index in [0.29, 0.717) is 87.6 Å². The van der Waals surface area contributed by atoms with Gasteiger partial charge in [-0.15, -0.1) is 0 Å². The number of hydrogen-bond acceptors (Lipinski definition) is 8. The lowest BCUT2D eigenvalue weighted by Crippen LogP contribution is -2.42. The number of unbranched alkanes of at least 4 members (excludes halogenated alkanes) is 1. The zero-order valence-corrected chi connectivity index (χ0v) is 28.4. The topological polar surface area (TPSA) is 79.8 Å². The van der Waals surface area contributed by atoms with Crippen LogP contribution in [0.4, 0.5) is 56.8 Å². The van der Waals surface area contributed by atoms with E-state index >= 15 is 0 Å². The third kappa shape index (κ3) is 9.38. The molecular formula is C35H38F9N5O3. The Bertz CT molecular complexity index is 1680. The highest BCUT2D eigenvalue weighted by molar-refractivity contribution is 5.69. The summed E-state index contributed by atoms with van der Waals surface area (Å²) >= 11 is 0. The zero-order valence-electron chi connectivity index (χ0n) is 28.4. The van der Waals surface area contributed by atoms with Gasteiger partial charge < -0.3 is 24.6 Å². The Labute approximate surface area is 294 Å². The summed E-state index contributed by atoms with van der Waals surface area (Å²) in [6.45, 7) is 3.77. The summed E-state index contributed by atoms with van der Waals surface area (Å²) in [5.41, 5.74) is -2.69. The van der Waals surface area contributed by atoms with E-state index in [1.165, 1.54) is 19.4 Å². The van der Waals surface area contributed by atoms with E-state index < -0.39 is 47.7 Å². The number of rotatable bonds is 11. The highest BCUT2D eigenvalue weighted by atomic mass is 19.4. The molecule has 17 heteroatoms. The summed E-state index contributed by atoms with van der Waals surface area (Å²) in [5, 5.41) is 3.14. The predicted octanol–water partition coefficient (Wildman–Crippen LogP) is 8.45. The van der Waals surface area contributed by atoms with Crippen LogP contribution in [0.3, 0.4) is 0 Å². The predicted molar refractivity (Wildman–Crippen MR) is 174 cm³/mol. The molecule has 5 rings (SSSR count). The summed E-state index contributed by atoms with van der Waals surface area (Å²) in [6, 6.07) is 3.95. The molecule has 1 fully saturated rings. The third-order valence-electron chi connectivity index (χ3n) is 9.24. The average Bonchev–Trinajstić information content (AvgIpc) is 3.09. The minimum absolute atomic E-state index is 0.0511. The monoisotopic (exact) mass is 747 g/mol. The Morgan fingerprint density at radius 1 is 0.904 bits per heavy atom. The van der Waals surface area contributed by atoms with E-state index in [1.807, 2.05) is 16.7 Å². The molecule has 0 unspecified atom stereocenters. The molecule has 0 bridgehead atoms. The molecule has 1 N–H and O–H groups in total. The van der Waals surface area contributed by atoms with Crippen molar-refractivity contribution in [2.24, 2.45) is 0 Å². The van der Waals surface area contributed by atoms with E-state index in [9.17, 15) is 44.3 Å². The van der Waals surface area contributed by atoms with Gasteiger partial charge in [-0.1, -0.05) is 6.92 Å². The van der Waals surface area contributed by atoms with Gasteiger partial charge in [0.15, 0.2) is 0 Å². The molecule has 3 heterocycles. The molecule has 52 heavy (non-hydrogen) atoms. The van der Waals surface area contributed by atoms with Crippen LogP contribution in [0.5, 0.6) is 0 Å². The van der Waals surface area contributed by atoms with E-state index in [2.05, 4.69) is 15.3 Å². The molecule has 8 nitrogen and oxygen atoms in total. The summed E-state index contributed by atoms with van der Waals surface area (Å²) in [6.07, 6.45) is -11.5. The van der Waals surface area contributed by atoms with Gasteiger partial charge in [-0.25, -0.2) is 9.97 Å². The number of carbonyl (C=O) groups excluding carboxylic acids is 1. The van der Waals surface area contributed by atoms with Gasteiger partial charge in [0.05, 0.1) is 60.6 Å². The molecule has 2 aromatic carbocycles. The van der Waals surface area contributed by atoms with Crippen LogP contribution >= 0.6 is 0 Å². The Hall–Kier alpha value is -4.28. The maximum Gasteiger partial charge on any atom is 0.416 e. The smallest absolute Gasteiger partial charge is 0.416 e. The van der Waals surface area contributed by atoms with E-state index in [-0.39, 0.29) is 41.7 Å². The fraction of sp³-hybridized carbons (Fsp3) is 0.514. The number of alkyl halides is 9. The van der Waals surface area contributed by atoms with Crippen LogP contribution < -0.4 is 15.1 Å². The van der Waals surface area contributed by atoms with Gasteiger partial charge in [0.2, 0.25) is 5.95 Å². The van der Waals surface area contributed by atoms with Gasteiger partial charge in [0.25, 0.3) is 0 Å². The molecule has 2 aliphatic heterocycles. The van der Waals surface area contributed by atoms with Crippen LogP contribution in [-0.2, 0) is 39.2 Å². The number of fused-ring (bicyclic) bond motifs is 1. The van der Waals surface area contributed by atoms with Crippen LogP contribution in [0.25, 0.3) is 0 Å². The van der Waals surface area contributed by atoms with Crippen LogP contribution in [0.1, 0.15) is 78.6 Å². The number of ether oxygens (including phenoxy) is 2. The van der Waals surface area contributed by atoms with Crippen molar-refractivity contribution in [2.75, 3.05) is 55.1 Å². The fourth-order valence-electron chi connectivity index (χ4n) is 6.62. The fourth-order valence-corrected chi connectivity index (χ4v) is 6.62. The third-order valence-corrected chi connectivity index (χ3v) is 9.24. The SMILES string of the molecule is CC[C@@H]1C[C@H](Nc2ncc(N3CCOCC3)c(Cc3cc(C(F)(F)F)cc(C(F)(F)F)c3)n2)c2cc(C(F)(F)F)ccc2N1CCCCC(=O)OC. The van der Waals surface area contributed by atoms with E-state index in [1.54, 1.807) is 0 Å². The molecule has 0 aliphatic carbocycles. The average molecular weight is 748 g/mol. The Morgan fingerprint density at radius 2 is 1.56 bits per heavy atom. The minimum Gasteiger partial charge on any atom is -0.469 e. The Kier molecular flexibility index (Phi) is 11.8.